The van der Waals surface area contributed by atoms with Crippen molar-refractivity contribution in [3.05, 3.63) is 48.3 Å². The zero-order valence-electron chi connectivity index (χ0n) is 17.5. The van der Waals surface area contributed by atoms with E-state index in [1.807, 2.05) is 29.2 Å². The Morgan fingerprint density at radius 3 is 2.94 bits per heavy atom. The van der Waals surface area contributed by atoms with E-state index in [-0.39, 0.29) is 23.7 Å². The number of amides is 2. The number of carbonyl (C=O) groups is 2. The second-order valence-electron chi connectivity index (χ2n) is 8.76. The molecule has 1 saturated carbocycles. The second-order valence-corrected chi connectivity index (χ2v) is 8.76. The highest BCUT2D eigenvalue weighted by Gasteiger charge is 2.44. The molecule has 2 aromatic heterocycles. The Labute approximate surface area is 180 Å². The standard InChI is InChI=1S/C23H28N6O2/c30-22(9-8-16-10-24-14-26-16)29-12-15-4-3-5-17(18(15)13-29)23(31)25-11-21-27-19-6-1-2-7-20(19)28-21/h1-2,6-7,10,14-15,17-18H,3-5,8-9,11-13H2,(H,24,26)(H,25,31)(H,27,28)/t15-,17-,18+/m1/s1. The summed E-state index contributed by atoms with van der Waals surface area (Å²) in [7, 11) is 0. The van der Waals surface area contributed by atoms with Crippen molar-refractivity contribution in [1.82, 2.24) is 30.2 Å². The van der Waals surface area contributed by atoms with E-state index in [0.717, 1.165) is 48.4 Å². The fourth-order valence-corrected chi connectivity index (χ4v) is 5.21. The number of likely N-dealkylation sites (tertiary alicyclic amines) is 1. The molecule has 0 spiro atoms. The number of H-pyrrole nitrogens is 2. The van der Waals surface area contributed by atoms with E-state index < -0.39 is 0 Å². The summed E-state index contributed by atoms with van der Waals surface area (Å²) in [5, 5.41) is 3.08. The molecule has 3 heterocycles. The van der Waals surface area contributed by atoms with E-state index in [4.69, 9.17) is 0 Å². The SMILES string of the molecule is O=C(NCc1nc2ccccc2[nH]1)[C@@H]1CCC[C@@H]2CN(C(=O)CCc3cnc[nH]3)C[C@@H]21. The minimum Gasteiger partial charge on any atom is -0.349 e. The van der Waals surface area contributed by atoms with Gasteiger partial charge in [-0.1, -0.05) is 18.6 Å². The molecule has 0 radical (unpaired) electrons. The molecule has 8 heteroatoms. The largest absolute Gasteiger partial charge is 0.349 e. The summed E-state index contributed by atoms with van der Waals surface area (Å²) in [6.45, 7) is 1.86. The maximum atomic E-state index is 13.0. The predicted molar refractivity (Wildman–Crippen MR) is 116 cm³/mol. The molecule has 2 fully saturated rings. The first-order chi connectivity index (χ1) is 15.2. The van der Waals surface area contributed by atoms with Crippen LogP contribution in [0, 0.1) is 17.8 Å². The van der Waals surface area contributed by atoms with Crippen molar-refractivity contribution < 1.29 is 9.59 Å². The molecule has 5 rings (SSSR count). The van der Waals surface area contributed by atoms with Gasteiger partial charge in [0, 0.05) is 37.3 Å². The zero-order valence-corrected chi connectivity index (χ0v) is 17.5. The van der Waals surface area contributed by atoms with Crippen LogP contribution in [0.2, 0.25) is 0 Å². The van der Waals surface area contributed by atoms with Crippen molar-refractivity contribution in [3.63, 3.8) is 0 Å². The first-order valence-electron chi connectivity index (χ1n) is 11.1. The number of fused-ring (bicyclic) bond motifs is 2. The maximum absolute atomic E-state index is 13.0. The number of carbonyl (C=O) groups excluding carboxylic acids is 2. The van der Waals surface area contributed by atoms with Gasteiger partial charge in [-0.15, -0.1) is 0 Å². The molecule has 31 heavy (non-hydrogen) atoms. The van der Waals surface area contributed by atoms with Crippen LogP contribution in [0.1, 0.15) is 37.2 Å². The third-order valence-corrected chi connectivity index (χ3v) is 6.82. The second kappa shape index (κ2) is 8.53. The molecule has 1 saturated heterocycles. The van der Waals surface area contributed by atoms with Crippen LogP contribution >= 0.6 is 0 Å². The van der Waals surface area contributed by atoms with Crippen molar-refractivity contribution >= 4 is 22.8 Å². The molecule has 3 N–H and O–H groups in total. The van der Waals surface area contributed by atoms with Crippen LogP contribution in [0.5, 0.6) is 0 Å². The van der Waals surface area contributed by atoms with Gasteiger partial charge in [0.25, 0.3) is 0 Å². The lowest BCUT2D eigenvalue weighted by molar-refractivity contribution is -0.131. The Kier molecular flexibility index (Phi) is 5.44. The fraction of sp³-hybridized carbons (Fsp3) is 0.478. The summed E-state index contributed by atoms with van der Waals surface area (Å²) in [5.41, 5.74) is 2.86. The van der Waals surface area contributed by atoms with E-state index >= 15 is 0 Å². The van der Waals surface area contributed by atoms with Crippen LogP contribution < -0.4 is 5.32 Å². The van der Waals surface area contributed by atoms with Crippen LogP contribution in [-0.4, -0.2) is 49.7 Å². The highest BCUT2D eigenvalue weighted by Crippen LogP contribution is 2.40. The van der Waals surface area contributed by atoms with E-state index in [0.29, 0.717) is 31.8 Å². The zero-order chi connectivity index (χ0) is 21.2. The number of nitrogens with zero attached hydrogens (tertiary/aromatic N) is 3. The topological polar surface area (TPSA) is 107 Å². The Morgan fingerprint density at radius 2 is 2.10 bits per heavy atom. The molecule has 1 aliphatic heterocycles. The summed E-state index contributed by atoms with van der Waals surface area (Å²) >= 11 is 0. The van der Waals surface area contributed by atoms with Gasteiger partial charge in [0.05, 0.1) is 23.9 Å². The number of hydrogen-bond acceptors (Lipinski definition) is 4. The molecule has 1 aliphatic carbocycles. The van der Waals surface area contributed by atoms with Gasteiger partial charge in [0.15, 0.2) is 0 Å². The van der Waals surface area contributed by atoms with Crippen molar-refractivity contribution in [2.24, 2.45) is 17.8 Å². The highest BCUT2D eigenvalue weighted by molar-refractivity contribution is 5.80. The van der Waals surface area contributed by atoms with Gasteiger partial charge in [-0.05, 0) is 43.2 Å². The first-order valence-corrected chi connectivity index (χ1v) is 11.1. The molecule has 0 unspecified atom stereocenters. The molecule has 2 aliphatic rings. The van der Waals surface area contributed by atoms with E-state index in [2.05, 4.69) is 25.3 Å². The van der Waals surface area contributed by atoms with Gasteiger partial charge in [0.2, 0.25) is 11.8 Å². The number of nitrogens with one attached hydrogen (secondary N) is 3. The molecule has 0 bridgehead atoms. The number of hydrogen-bond donors (Lipinski definition) is 3. The third kappa shape index (κ3) is 4.19. The molecule has 3 atom stereocenters. The smallest absolute Gasteiger partial charge is 0.223 e. The van der Waals surface area contributed by atoms with Crippen molar-refractivity contribution in [1.29, 1.82) is 0 Å². The molecule has 162 valence electrons. The van der Waals surface area contributed by atoms with Gasteiger partial charge >= 0.3 is 0 Å². The summed E-state index contributed by atoms with van der Waals surface area (Å²) in [4.78, 5) is 42.6. The molecule has 1 aromatic carbocycles. The van der Waals surface area contributed by atoms with Crippen molar-refractivity contribution in [3.8, 4) is 0 Å². The van der Waals surface area contributed by atoms with Crippen LogP contribution in [0.4, 0.5) is 0 Å². The van der Waals surface area contributed by atoms with Crippen LogP contribution in [-0.2, 0) is 22.6 Å². The van der Waals surface area contributed by atoms with Gasteiger partial charge in [-0.2, -0.15) is 0 Å². The Balaban J connectivity index is 1.17. The third-order valence-electron chi connectivity index (χ3n) is 6.82. The van der Waals surface area contributed by atoms with Gasteiger partial charge < -0.3 is 20.2 Å². The van der Waals surface area contributed by atoms with Gasteiger partial charge in [-0.25, -0.2) is 9.97 Å². The monoisotopic (exact) mass is 420 g/mol. The molecule has 2 amide bonds. The first kappa shape index (κ1) is 19.8. The Bertz CT molecular complexity index is 1030. The minimum atomic E-state index is -0.0338. The average Bonchev–Trinajstić information content (AvgIpc) is 3.54. The molecular weight excluding hydrogens is 392 g/mol. The average molecular weight is 421 g/mol. The molecule has 8 nitrogen and oxygen atoms in total. The highest BCUT2D eigenvalue weighted by atomic mass is 16.2. The summed E-state index contributed by atoms with van der Waals surface area (Å²) < 4.78 is 0. The normalized spacial score (nSPS) is 23.1. The number of para-hydroxylation sites is 2. The van der Waals surface area contributed by atoms with Crippen molar-refractivity contribution in [2.75, 3.05) is 13.1 Å². The summed E-state index contributed by atoms with van der Waals surface area (Å²) in [6.07, 6.45) is 7.58. The van der Waals surface area contributed by atoms with Crippen LogP contribution in [0.15, 0.2) is 36.8 Å². The van der Waals surface area contributed by atoms with Crippen LogP contribution in [0.25, 0.3) is 11.0 Å². The lowest BCUT2D eigenvalue weighted by Crippen LogP contribution is -2.40. The van der Waals surface area contributed by atoms with Gasteiger partial charge in [-0.3, -0.25) is 9.59 Å². The van der Waals surface area contributed by atoms with Gasteiger partial charge in [0.1, 0.15) is 5.82 Å². The quantitative estimate of drug-likeness (QED) is 0.569. The number of aryl methyl sites for hydroxylation is 1. The minimum absolute atomic E-state index is 0.0338. The van der Waals surface area contributed by atoms with Crippen molar-refractivity contribution in [2.45, 2.75) is 38.6 Å². The lowest BCUT2D eigenvalue weighted by Gasteiger charge is -2.31. The summed E-state index contributed by atoms with van der Waals surface area (Å²) in [5.74, 6) is 1.66. The predicted octanol–water partition coefficient (Wildman–Crippen LogP) is 2.41. The maximum Gasteiger partial charge on any atom is 0.223 e. The number of aromatic nitrogens is 4. The molecular formula is C23H28N6O2. The number of rotatable bonds is 6. The number of aromatic amines is 2. The molecule has 3 aromatic rings. The fourth-order valence-electron chi connectivity index (χ4n) is 5.21. The Hall–Kier alpha value is -3.16. The Morgan fingerprint density at radius 1 is 1.19 bits per heavy atom. The number of imidazole rings is 2. The van der Waals surface area contributed by atoms with Crippen LogP contribution in [0.3, 0.4) is 0 Å². The van der Waals surface area contributed by atoms with E-state index in [1.54, 1.807) is 12.5 Å². The lowest BCUT2D eigenvalue weighted by atomic mass is 9.73. The van der Waals surface area contributed by atoms with E-state index in [1.165, 1.54) is 0 Å². The summed E-state index contributed by atoms with van der Waals surface area (Å²) in [6, 6.07) is 7.86. The van der Waals surface area contributed by atoms with E-state index in [9.17, 15) is 9.59 Å². The number of benzene rings is 1.